The van der Waals surface area contributed by atoms with Crippen LogP contribution < -0.4 is 10.1 Å². The fourth-order valence-corrected chi connectivity index (χ4v) is 3.03. The van der Waals surface area contributed by atoms with Crippen molar-refractivity contribution in [3.05, 3.63) is 24.3 Å². The Bertz CT molecular complexity index is 388. The molecular weight excluding hydrogens is 234 g/mol. The number of anilines is 1. The van der Waals surface area contributed by atoms with Crippen molar-refractivity contribution in [2.75, 3.05) is 12.4 Å². The van der Waals surface area contributed by atoms with E-state index in [-0.39, 0.29) is 5.60 Å². The number of benzene rings is 1. The lowest BCUT2D eigenvalue weighted by Crippen LogP contribution is -2.39. The lowest BCUT2D eigenvalue weighted by molar-refractivity contribution is 0.0188. The fraction of sp³-hybridized carbons (Fsp3) is 0.647. The van der Waals surface area contributed by atoms with Crippen LogP contribution in [-0.4, -0.2) is 12.6 Å². The van der Waals surface area contributed by atoms with Crippen LogP contribution in [0.2, 0.25) is 0 Å². The number of nitrogens with one attached hydrogen (secondary N) is 1. The van der Waals surface area contributed by atoms with E-state index in [1.54, 1.807) is 0 Å². The monoisotopic (exact) mass is 261 g/mol. The molecule has 0 amide bonds. The highest BCUT2D eigenvalue weighted by Gasteiger charge is 2.33. The van der Waals surface area contributed by atoms with Gasteiger partial charge in [0, 0.05) is 12.7 Å². The summed E-state index contributed by atoms with van der Waals surface area (Å²) < 4.78 is 6.25. The van der Waals surface area contributed by atoms with Crippen LogP contribution in [0.3, 0.4) is 0 Å². The highest BCUT2D eigenvalue weighted by atomic mass is 16.5. The van der Waals surface area contributed by atoms with E-state index >= 15 is 0 Å². The maximum absolute atomic E-state index is 6.25. The van der Waals surface area contributed by atoms with E-state index in [4.69, 9.17) is 4.74 Å². The number of hydrogen-bond donors (Lipinski definition) is 1. The molecule has 1 aromatic rings. The van der Waals surface area contributed by atoms with E-state index in [0.717, 1.165) is 17.4 Å². The molecule has 2 nitrogen and oxygen atoms in total. The summed E-state index contributed by atoms with van der Waals surface area (Å²) in [6.07, 6.45) is 5.28. The lowest BCUT2D eigenvalue weighted by atomic mass is 9.75. The zero-order valence-electron chi connectivity index (χ0n) is 12.7. The molecule has 1 aromatic carbocycles. The second-order valence-electron chi connectivity index (χ2n) is 6.44. The summed E-state index contributed by atoms with van der Waals surface area (Å²) in [5.74, 6) is 2.54. The van der Waals surface area contributed by atoms with Gasteiger partial charge in [-0.3, -0.25) is 0 Å². The topological polar surface area (TPSA) is 21.3 Å². The van der Waals surface area contributed by atoms with Gasteiger partial charge < -0.3 is 10.1 Å². The van der Waals surface area contributed by atoms with Gasteiger partial charge in [-0.25, -0.2) is 0 Å². The molecule has 2 rings (SSSR count). The molecule has 1 saturated carbocycles. The van der Waals surface area contributed by atoms with Gasteiger partial charge in [-0.2, -0.15) is 0 Å². The van der Waals surface area contributed by atoms with Crippen LogP contribution in [0.15, 0.2) is 24.3 Å². The molecule has 1 aliphatic carbocycles. The molecular formula is C17H27NO. The molecule has 0 bridgehead atoms. The molecule has 0 radical (unpaired) electrons. The van der Waals surface area contributed by atoms with E-state index in [9.17, 15) is 0 Å². The Morgan fingerprint density at radius 3 is 2.16 bits per heavy atom. The average molecular weight is 261 g/mol. The van der Waals surface area contributed by atoms with Crippen molar-refractivity contribution < 1.29 is 4.74 Å². The molecule has 0 spiro atoms. The summed E-state index contributed by atoms with van der Waals surface area (Å²) in [5.41, 5.74) is 1.05. The van der Waals surface area contributed by atoms with Crippen molar-refractivity contribution in [1.29, 1.82) is 0 Å². The van der Waals surface area contributed by atoms with Crippen molar-refractivity contribution in [3.8, 4) is 5.75 Å². The summed E-state index contributed by atoms with van der Waals surface area (Å²) >= 11 is 0. The Hall–Kier alpha value is -1.18. The largest absolute Gasteiger partial charge is 0.488 e. The molecule has 106 valence electrons. The zero-order chi connectivity index (χ0) is 13.9. The second-order valence-corrected chi connectivity index (χ2v) is 6.44. The minimum atomic E-state index is -0.0682. The molecule has 0 aromatic heterocycles. The van der Waals surface area contributed by atoms with Gasteiger partial charge in [0.1, 0.15) is 11.4 Å². The van der Waals surface area contributed by atoms with Crippen LogP contribution in [-0.2, 0) is 0 Å². The molecule has 0 heterocycles. The van der Waals surface area contributed by atoms with Gasteiger partial charge in [-0.05, 0) is 62.8 Å². The maximum Gasteiger partial charge on any atom is 0.120 e. The number of ether oxygens (including phenoxy) is 1. The summed E-state index contributed by atoms with van der Waals surface area (Å²) in [5, 5.41) is 3.13. The van der Waals surface area contributed by atoms with Crippen molar-refractivity contribution >= 4 is 5.69 Å². The van der Waals surface area contributed by atoms with Gasteiger partial charge in [0.25, 0.3) is 0 Å². The molecule has 0 saturated heterocycles. The van der Waals surface area contributed by atoms with Crippen LogP contribution in [0.25, 0.3) is 0 Å². The van der Waals surface area contributed by atoms with Crippen molar-refractivity contribution in [2.45, 2.75) is 52.1 Å². The smallest absolute Gasteiger partial charge is 0.120 e. The van der Waals surface area contributed by atoms with Crippen LogP contribution in [0, 0.1) is 11.8 Å². The summed E-state index contributed by atoms with van der Waals surface area (Å²) in [4.78, 5) is 0. The highest BCUT2D eigenvalue weighted by Crippen LogP contribution is 2.37. The van der Waals surface area contributed by atoms with E-state index in [1.165, 1.54) is 25.7 Å². The predicted octanol–water partition coefficient (Wildman–Crippen LogP) is 4.71. The van der Waals surface area contributed by atoms with Crippen LogP contribution >= 0.6 is 0 Å². The molecule has 0 unspecified atom stereocenters. The van der Waals surface area contributed by atoms with Gasteiger partial charge >= 0.3 is 0 Å². The fourth-order valence-electron chi connectivity index (χ4n) is 3.03. The highest BCUT2D eigenvalue weighted by molar-refractivity contribution is 5.45. The standard InChI is InChI=1S/C17H27NO/c1-13-5-7-14(8-6-13)17(2,3)19-16-11-9-15(18-4)10-12-16/h9-14,18H,5-8H2,1-4H3. The average Bonchev–Trinajstić information content (AvgIpc) is 2.40. The van der Waals surface area contributed by atoms with Crippen LogP contribution in [0.4, 0.5) is 5.69 Å². The minimum absolute atomic E-state index is 0.0682. The van der Waals surface area contributed by atoms with Gasteiger partial charge in [0.15, 0.2) is 0 Å². The van der Waals surface area contributed by atoms with Crippen LogP contribution in [0.5, 0.6) is 5.75 Å². The Kier molecular flexibility index (Phi) is 4.38. The molecule has 1 fully saturated rings. The Labute approximate surface area is 117 Å². The molecule has 2 heteroatoms. The Balaban J connectivity index is 1.99. The van der Waals surface area contributed by atoms with Crippen molar-refractivity contribution in [2.24, 2.45) is 11.8 Å². The Morgan fingerprint density at radius 2 is 1.63 bits per heavy atom. The van der Waals surface area contributed by atoms with E-state index in [2.05, 4.69) is 50.4 Å². The van der Waals surface area contributed by atoms with Gasteiger partial charge in [0.05, 0.1) is 0 Å². The van der Waals surface area contributed by atoms with Gasteiger partial charge in [-0.15, -0.1) is 0 Å². The third-order valence-electron chi connectivity index (χ3n) is 4.52. The molecule has 1 N–H and O–H groups in total. The molecule has 0 atom stereocenters. The van der Waals surface area contributed by atoms with Crippen LogP contribution in [0.1, 0.15) is 46.5 Å². The molecule has 0 aliphatic heterocycles. The predicted molar refractivity (Wildman–Crippen MR) is 81.8 cm³/mol. The van der Waals surface area contributed by atoms with E-state index in [0.29, 0.717) is 5.92 Å². The first-order valence-corrected chi connectivity index (χ1v) is 7.48. The third-order valence-corrected chi connectivity index (χ3v) is 4.52. The minimum Gasteiger partial charge on any atom is -0.488 e. The van der Waals surface area contributed by atoms with Gasteiger partial charge in [-0.1, -0.05) is 19.8 Å². The lowest BCUT2D eigenvalue weighted by Gasteiger charge is -2.38. The van der Waals surface area contributed by atoms with Crippen molar-refractivity contribution in [3.63, 3.8) is 0 Å². The maximum atomic E-state index is 6.25. The number of rotatable bonds is 4. The quantitative estimate of drug-likeness (QED) is 0.847. The van der Waals surface area contributed by atoms with E-state index in [1.807, 2.05) is 7.05 Å². The number of hydrogen-bond acceptors (Lipinski definition) is 2. The summed E-state index contributed by atoms with van der Waals surface area (Å²) in [7, 11) is 1.93. The normalized spacial score (nSPS) is 24.0. The summed E-state index contributed by atoms with van der Waals surface area (Å²) in [6.45, 7) is 6.83. The van der Waals surface area contributed by atoms with E-state index < -0.39 is 0 Å². The zero-order valence-corrected chi connectivity index (χ0v) is 12.7. The summed E-state index contributed by atoms with van der Waals surface area (Å²) in [6, 6.07) is 8.24. The molecule has 19 heavy (non-hydrogen) atoms. The van der Waals surface area contributed by atoms with Crippen molar-refractivity contribution in [1.82, 2.24) is 0 Å². The third kappa shape index (κ3) is 3.65. The first kappa shape index (κ1) is 14.2. The first-order valence-electron chi connectivity index (χ1n) is 7.48. The SMILES string of the molecule is CNc1ccc(OC(C)(C)C2CCC(C)CC2)cc1. The first-order chi connectivity index (χ1) is 9.01. The van der Waals surface area contributed by atoms with Gasteiger partial charge in [0.2, 0.25) is 0 Å². The second kappa shape index (κ2) is 5.85. The molecule has 1 aliphatic rings. The Morgan fingerprint density at radius 1 is 1.05 bits per heavy atom.